The minimum Gasteiger partial charge on any atom is -0.330 e. The Balaban J connectivity index is 1.44. The summed E-state index contributed by atoms with van der Waals surface area (Å²) in [5, 5.41) is 0.722. The topological polar surface area (TPSA) is 83.7 Å². The number of carbonyl (C=O) groups excluding carboxylic acids is 1. The number of hydrogen-bond donors (Lipinski definition) is 1. The summed E-state index contributed by atoms with van der Waals surface area (Å²) in [5.41, 5.74) is 8.03. The second-order valence-electron chi connectivity index (χ2n) is 8.62. The molecule has 2 fully saturated rings. The van der Waals surface area contributed by atoms with Crippen LogP contribution in [0.15, 0.2) is 53.4 Å². The molecule has 2 amide bonds. The molecule has 0 unspecified atom stereocenters. The number of nitrogens with zero attached hydrogens (tertiary/aromatic N) is 2. The molecule has 166 valence electrons. The van der Waals surface area contributed by atoms with Gasteiger partial charge in [-0.3, -0.25) is 4.90 Å². The summed E-state index contributed by atoms with van der Waals surface area (Å²) in [4.78, 5) is 17.1. The van der Waals surface area contributed by atoms with Crippen LogP contribution < -0.4 is 10.6 Å². The Morgan fingerprint density at radius 2 is 1.77 bits per heavy atom. The first-order chi connectivity index (χ1) is 14.7. The van der Waals surface area contributed by atoms with Gasteiger partial charge in [0, 0.05) is 48.1 Å². The van der Waals surface area contributed by atoms with Gasteiger partial charge in [0.15, 0.2) is 9.84 Å². The largest absolute Gasteiger partial charge is 0.330 e. The molecule has 1 saturated heterocycles. The summed E-state index contributed by atoms with van der Waals surface area (Å²) < 4.78 is 23.4. The van der Waals surface area contributed by atoms with Crippen molar-refractivity contribution < 1.29 is 13.2 Å². The summed E-state index contributed by atoms with van der Waals surface area (Å²) >= 11 is 6.21. The van der Waals surface area contributed by atoms with Crippen LogP contribution >= 0.6 is 11.6 Å². The second-order valence-corrected chi connectivity index (χ2v) is 11.1. The number of nitrogens with two attached hydrogens (primary N) is 1. The lowest BCUT2D eigenvalue weighted by molar-refractivity contribution is 0.156. The van der Waals surface area contributed by atoms with Crippen molar-refractivity contribution in [1.82, 2.24) is 4.90 Å². The molecule has 1 saturated carbocycles. The highest BCUT2D eigenvalue weighted by Gasteiger charge is 2.41. The fraction of sp³-hybridized carbons (Fsp3) is 0.435. The Labute approximate surface area is 188 Å². The number of amides is 2. The molecule has 1 heterocycles. The number of rotatable bonds is 5. The fourth-order valence-corrected chi connectivity index (χ4v) is 5.72. The van der Waals surface area contributed by atoms with Crippen molar-refractivity contribution in [3.8, 4) is 0 Å². The molecule has 4 rings (SSSR count). The zero-order valence-corrected chi connectivity index (χ0v) is 19.2. The molecule has 31 heavy (non-hydrogen) atoms. The van der Waals surface area contributed by atoms with Gasteiger partial charge in [0.05, 0.1) is 4.90 Å². The molecule has 0 aromatic heterocycles. The van der Waals surface area contributed by atoms with Gasteiger partial charge in [0.2, 0.25) is 0 Å². The predicted molar refractivity (Wildman–Crippen MR) is 123 cm³/mol. The zero-order chi connectivity index (χ0) is 22.2. The van der Waals surface area contributed by atoms with E-state index in [-0.39, 0.29) is 22.4 Å². The molecule has 2 aromatic carbocycles. The van der Waals surface area contributed by atoms with Crippen LogP contribution in [0.5, 0.6) is 0 Å². The Kier molecular flexibility index (Phi) is 6.03. The van der Waals surface area contributed by atoms with Gasteiger partial charge in [-0.1, -0.05) is 23.7 Å². The first-order valence-electron chi connectivity index (χ1n) is 10.6. The molecular weight excluding hydrogens is 434 g/mol. The van der Waals surface area contributed by atoms with Crippen LogP contribution in [-0.4, -0.2) is 51.3 Å². The van der Waals surface area contributed by atoms with Crippen molar-refractivity contribution in [3.63, 3.8) is 0 Å². The SMILES string of the molecule is CS(=O)(=O)c1ccc(N2CCN([C@H]3CC[C@](CN)(c4cccc(Cl)c4)CC3)C2=O)cc1. The van der Waals surface area contributed by atoms with Crippen molar-refractivity contribution in [2.75, 3.05) is 30.8 Å². The Morgan fingerprint density at radius 3 is 2.35 bits per heavy atom. The Bertz CT molecular complexity index is 1060. The van der Waals surface area contributed by atoms with E-state index in [9.17, 15) is 13.2 Å². The monoisotopic (exact) mass is 461 g/mol. The van der Waals surface area contributed by atoms with Gasteiger partial charge in [-0.15, -0.1) is 0 Å². The highest BCUT2D eigenvalue weighted by Crippen LogP contribution is 2.41. The van der Waals surface area contributed by atoms with Gasteiger partial charge < -0.3 is 10.6 Å². The predicted octanol–water partition coefficient (Wildman–Crippen LogP) is 3.82. The van der Waals surface area contributed by atoms with E-state index >= 15 is 0 Å². The number of carbonyl (C=O) groups is 1. The maximum atomic E-state index is 13.1. The van der Waals surface area contributed by atoms with E-state index < -0.39 is 9.84 Å². The minimum atomic E-state index is -3.26. The number of halogens is 1. The molecule has 1 aliphatic carbocycles. The van der Waals surface area contributed by atoms with E-state index in [1.165, 1.54) is 11.8 Å². The number of benzene rings is 2. The molecule has 2 aliphatic rings. The third-order valence-electron chi connectivity index (χ3n) is 6.80. The second kappa shape index (κ2) is 8.45. The van der Waals surface area contributed by atoms with Crippen LogP contribution in [0.1, 0.15) is 31.2 Å². The van der Waals surface area contributed by atoms with E-state index in [0.717, 1.165) is 36.4 Å². The molecule has 0 spiro atoms. The summed E-state index contributed by atoms with van der Waals surface area (Å²) in [5.74, 6) is 0. The first-order valence-corrected chi connectivity index (χ1v) is 12.8. The average Bonchev–Trinajstić information content (AvgIpc) is 3.14. The van der Waals surface area contributed by atoms with Crippen LogP contribution in [0.4, 0.5) is 10.5 Å². The normalized spacial score (nSPS) is 24.6. The van der Waals surface area contributed by atoms with Crippen LogP contribution in [0.3, 0.4) is 0 Å². The van der Waals surface area contributed by atoms with Crippen LogP contribution in [0, 0.1) is 0 Å². The third-order valence-corrected chi connectivity index (χ3v) is 8.16. The van der Waals surface area contributed by atoms with E-state index in [2.05, 4.69) is 6.07 Å². The van der Waals surface area contributed by atoms with Crippen molar-refractivity contribution in [2.45, 2.75) is 42.0 Å². The lowest BCUT2D eigenvalue weighted by Gasteiger charge is -2.42. The van der Waals surface area contributed by atoms with Gasteiger partial charge in [0.1, 0.15) is 0 Å². The Morgan fingerprint density at radius 1 is 1.10 bits per heavy atom. The summed E-state index contributed by atoms with van der Waals surface area (Å²) in [6.07, 6.45) is 4.81. The van der Waals surface area contributed by atoms with Crippen LogP contribution in [0.25, 0.3) is 0 Å². The quantitative estimate of drug-likeness (QED) is 0.733. The maximum absolute atomic E-state index is 13.1. The number of hydrogen-bond acceptors (Lipinski definition) is 4. The van der Waals surface area contributed by atoms with Crippen LogP contribution in [-0.2, 0) is 15.3 Å². The van der Waals surface area contributed by atoms with E-state index in [1.54, 1.807) is 29.2 Å². The molecule has 8 heteroatoms. The van der Waals surface area contributed by atoms with Crippen LogP contribution in [0.2, 0.25) is 5.02 Å². The van der Waals surface area contributed by atoms with E-state index in [4.69, 9.17) is 17.3 Å². The van der Waals surface area contributed by atoms with Crippen molar-refractivity contribution in [1.29, 1.82) is 0 Å². The molecule has 2 N–H and O–H groups in total. The number of urea groups is 1. The van der Waals surface area contributed by atoms with Gasteiger partial charge in [0.25, 0.3) is 0 Å². The summed E-state index contributed by atoms with van der Waals surface area (Å²) in [7, 11) is -3.26. The number of sulfone groups is 1. The fourth-order valence-electron chi connectivity index (χ4n) is 4.90. The van der Waals surface area contributed by atoms with Crippen molar-refractivity contribution in [3.05, 3.63) is 59.1 Å². The molecule has 6 nitrogen and oxygen atoms in total. The third kappa shape index (κ3) is 4.31. The number of anilines is 1. The summed E-state index contributed by atoms with van der Waals surface area (Å²) in [6, 6.07) is 14.7. The lowest BCUT2D eigenvalue weighted by atomic mass is 9.68. The highest BCUT2D eigenvalue weighted by atomic mass is 35.5. The highest BCUT2D eigenvalue weighted by molar-refractivity contribution is 7.90. The first kappa shape index (κ1) is 22.1. The van der Waals surface area contributed by atoms with E-state index in [0.29, 0.717) is 19.6 Å². The van der Waals surface area contributed by atoms with Crippen molar-refractivity contribution >= 4 is 33.2 Å². The summed E-state index contributed by atoms with van der Waals surface area (Å²) in [6.45, 7) is 1.83. The molecule has 1 aliphatic heterocycles. The van der Waals surface area contributed by atoms with Crippen molar-refractivity contribution in [2.24, 2.45) is 5.73 Å². The molecular formula is C23H28ClN3O3S. The smallest absolute Gasteiger partial charge is 0.324 e. The van der Waals surface area contributed by atoms with Gasteiger partial charge >= 0.3 is 6.03 Å². The molecule has 0 bridgehead atoms. The standard InChI is InChI=1S/C23H28ClN3O3S/c1-31(29,30)21-7-5-19(6-8-21)26-13-14-27(22(26)28)20-9-11-23(16-25,12-10-20)17-3-2-4-18(24)15-17/h2-8,15,20H,9-14,16,25H2,1H3/t20-,23-. The molecule has 0 atom stereocenters. The van der Waals surface area contributed by atoms with Gasteiger partial charge in [-0.05, 0) is 67.6 Å². The van der Waals surface area contributed by atoms with Gasteiger partial charge in [-0.2, -0.15) is 0 Å². The maximum Gasteiger partial charge on any atom is 0.324 e. The molecule has 0 radical (unpaired) electrons. The minimum absolute atomic E-state index is 0.0138. The van der Waals surface area contributed by atoms with Gasteiger partial charge in [-0.25, -0.2) is 13.2 Å². The lowest BCUT2D eigenvalue weighted by Crippen LogP contribution is -2.46. The Hall–Kier alpha value is -2.09. The molecule has 2 aromatic rings. The average molecular weight is 462 g/mol. The zero-order valence-electron chi connectivity index (χ0n) is 17.6. The van der Waals surface area contributed by atoms with E-state index in [1.807, 2.05) is 23.1 Å².